The molecule has 0 aliphatic rings. The Labute approximate surface area is 118 Å². The maximum absolute atomic E-state index is 11.7. The van der Waals surface area contributed by atoms with Gasteiger partial charge in [0.05, 0.1) is 17.2 Å². The zero-order chi connectivity index (χ0) is 14.6. The maximum atomic E-state index is 11.7. The summed E-state index contributed by atoms with van der Waals surface area (Å²) in [5.74, 6) is 0. The molecule has 104 valence electrons. The van der Waals surface area contributed by atoms with Crippen LogP contribution in [0.5, 0.6) is 0 Å². The van der Waals surface area contributed by atoms with E-state index in [0.717, 1.165) is 5.69 Å². The van der Waals surface area contributed by atoms with Gasteiger partial charge in [-0.3, -0.25) is 0 Å². The first-order valence-corrected chi connectivity index (χ1v) is 6.41. The molecule has 2 aromatic rings. The highest BCUT2D eigenvalue weighted by molar-refractivity contribution is 5.75. The minimum absolute atomic E-state index is 0.299. The van der Waals surface area contributed by atoms with E-state index in [2.05, 4.69) is 15.4 Å². The minimum atomic E-state index is -0.364. The van der Waals surface area contributed by atoms with Crippen LogP contribution in [-0.2, 0) is 0 Å². The van der Waals surface area contributed by atoms with Crippen LogP contribution < -0.4 is 10.7 Å². The van der Waals surface area contributed by atoms with Crippen LogP contribution in [0.2, 0.25) is 0 Å². The number of urea groups is 1. The molecule has 5 heteroatoms. The second kappa shape index (κ2) is 5.69. The molecular formula is C15H18N4O. The van der Waals surface area contributed by atoms with E-state index in [1.807, 2.05) is 51.1 Å². The van der Waals surface area contributed by atoms with Gasteiger partial charge in [0.25, 0.3) is 0 Å². The summed E-state index contributed by atoms with van der Waals surface area (Å²) in [5, 5.41) is 7.54. The SMILES string of the molecule is CC(C)(C)NC(=O)/N=c1\ccn(-c2ccccc2)nc1. The fraction of sp³-hybridized carbons (Fsp3) is 0.267. The first kappa shape index (κ1) is 14.0. The Kier molecular flexibility index (Phi) is 3.98. The van der Waals surface area contributed by atoms with Gasteiger partial charge in [-0.15, -0.1) is 0 Å². The van der Waals surface area contributed by atoms with Crippen LogP contribution in [0, 0.1) is 0 Å². The predicted octanol–water partition coefficient (Wildman–Crippen LogP) is 2.28. The van der Waals surface area contributed by atoms with Gasteiger partial charge in [0.15, 0.2) is 0 Å². The summed E-state index contributed by atoms with van der Waals surface area (Å²) >= 11 is 0. The van der Waals surface area contributed by atoms with Crippen LogP contribution in [0.3, 0.4) is 0 Å². The highest BCUT2D eigenvalue weighted by Gasteiger charge is 2.12. The topological polar surface area (TPSA) is 59.3 Å². The molecule has 0 saturated carbocycles. The highest BCUT2D eigenvalue weighted by Crippen LogP contribution is 2.02. The first-order valence-electron chi connectivity index (χ1n) is 6.41. The first-order chi connectivity index (χ1) is 9.44. The average Bonchev–Trinajstić information content (AvgIpc) is 2.38. The molecule has 5 nitrogen and oxygen atoms in total. The van der Waals surface area contributed by atoms with Crippen LogP contribution in [0.25, 0.3) is 5.69 Å². The third-order valence-electron chi connectivity index (χ3n) is 2.43. The lowest BCUT2D eigenvalue weighted by atomic mass is 10.1. The minimum Gasteiger partial charge on any atom is -0.332 e. The highest BCUT2D eigenvalue weighted by atomic mass is 16.2. The number of carbonyl (C=O) groups excluding carboxylic acids is 1. The predicted molar refractivity (Wildman–Crippen MR) is 77.4 cm³/mol. The van der Waals surface area contributed by atoms with Crippen molar-refractivity contribution in [1.82, 2.24) is 15.1 Å². The normalized spacial score (nSPS) is 12.2. The molecule has 0 atom stereocenters. The molecule has 0 saturated heterocycles. The van der Waals surface area contributed by atoms with Crippen LogP contribution in [0.15, 0.2) is 53.8 Å². The van der Waals surface area contributed by atoms with Gasteiger partial charge in [-0.05, 0) is 39.0 Å². The molecule has 0 aliphatic carbocycles. The van der Waals surface area contributed by atoms with Gasteiger partial charge >= 0.3 is 6.03 Å². The molecule has 0 bridgehead atoms. The summed E-state index contributed by atoms with van der Waals surface area (Å²) < 4.78 is 1.72. The van der Waals surface area contributed by atoms with Crippen molar-refractivity contribution in [3.05, 3.63) is 54.1 Å². The summed E-state index contributed by atoms with van der Waals surface area (Å²) in [5.41, 5.74) is 0.658. The number of rotatable bonds is 1. The third-order valence-corrected chi connectivity index (χ3v) is 2.43. The Balaban J connectivity index is 2.18. The second-order valence-electron chi connectivity index (χ2n) is 5.46. The molecule has 1 aromatic carbocycles. The molecule has 0 aliphatic heterocycles. The molecular weight excluding hydrogens is 252 g/mol. The van der Waals surface area contributed by atoms with E-state index in [4.69, 9.17) is 0 Å². The van der Waals surface area contributed by atoms with E-state index < -0.39 is 0 Å². The Hall–Kier alpha value is -2.43. The Morgan fingerprint density at radius 2 is 1.90 bits per heavy atom. The number of para-hydroxylation sites is 1. The van der Waals surface area contributed by atoms with Crippen molar-refractivity contribution in [2.45, 2.75) is 26.3 Å². The largest absolute Gasteiger partial charge is 0.341 e. The monoisotopic (exact) mass is 270 g/mol. The standard InChI is InChI=1S/C15H18N4O/c1-15(2,3)18-14(20)17-12-9-10-19(16-11-12)13-7-5-4-6-8-13/h4-11H,1-3H3,(H,18,20)/b17-12+. The fourth-order valence-electron chi connectivity index (χ4n) is 1.62. The number of nitrogens with zero attached hydrogens (tertiary/aromatic N) is 3. The summed E-state index contributed by atoms with van der Waals surface area (Å²) in [7, 11) is 0. The van der Waals surface area contributed by atoms with E-state index in [1.54, 1.807) is 23.1 Å². The maximum Gasteiger partial charge on any atom is 0.341 e. The van der Waals surface area contributed by atoms with Gasteiger partial charge in [-0.25, -0.2) is 9.48 Å². The van der Waals surface area contributed by atoms with E-state index in [0.29, 0.717) is 5.36 Å². The molecule has 2 rings (SSSR count). The zero-order valence-corrected chi connectivity index (χ0v) is 11.9. The van der Waals surface area contributed by atoms with Gasteiger partial charge in [0.1, 0.15) is 0 Å². The Morgan fingerprint density at radius 3 is 2.45 bits per heavy atom. The lowest BCUT2D eigenvalue weighted by Crippen LogP contribution is -2.39. The van der Waals surface area contributed by atoms with E-state index >= 15 is 0 Å². The Morgan fingerprint density at radius 1 is 1.20 bits per heavy atom. The van der Waals surface area contributed by atoms with Crippen molar-refractivity contribution in [1.29, 1.82) is 0 Å². The summed E-state index contributed by atoms with van der Waals surface area (Å²) in [4.78, 5) is 15.6. The van der Waals surface area contributed by atoms with Gasteiger partial charge in [0.2, 0.25) is 0 Å². The number of amides is 2. The average molecular weight is 270 g/mol. The van der Waals surface area contributed by atoms with Crippen LogP contribution in [0.4, 0.5) is 4.79 Å². The molecule has 20 heavy (non-hydrogen) atoms. The van der Waals surface area contributed by atoms with Gasteiger partial charge in [-0.1, -0.05) is 18.2 Å². The number of benzene rings is 1. The quantitative estimate of drug-likeness (QED) is 0.864. The summed E-state index contributed by atoms with van der Waals surface area (Å²) in [6.07, 6.45) is 3.34. The Bertz CT molecular complexity index is 633. The molecule has 1 N–H and O–H groups in total. The van der Waals surface area contributed by atoms with Crippen LogP contribution in [-0.4, -0.2) is 21.4 Å². The van der Waals surface area contributed by atoms with E-state index in [1.165, 1.54) is 0 Å². The number of nitrogens with one attached hydrogen (secondary N) is 1. The summed E-state index contributed by atoms with van der Waals surface area (Å²) in [6.45, 7) is 5.73. The lowest BCUT2D eigenvalue weighted by molar-refractivity contribution is 0.240. The summed E-state index contributed by atoms with van der Waals surface area (Å²) in [6, 6.07) is 11.1. The van der Waals surface area contributed by atoms with Crippen LogP contribution in [0.1, 0.15) is 20.8 Å². The van der Waals surface area contributed by atoms with Gasteiger partial charge < -0.3 is 5.32 Å². The van der Waals surface area contributed by atoms with E-state index in [9.17, 15) is 4.79 Å². The van der Waals surface area contributed by atoms with E-state index in [-0.39, 0.29) is 11.6 Å². The van der Waals surface area contributed by atoms with Crippen molar-refractivity contribution < 1.29 is 4.79 Å². The number of carbonyl (C=O) groups is 1. The van der Waals surface area contributed by atoms with Gasteiger partial charge in [-0.2, -0.15) is 10.1 Å². The smallest absolute Gasteiger partial charge is 0.332 e. The van der Waals surface area contributed by atoms with Crippen molar-refractivity contribution in [2.75, 3.05) is 0 Å². The van der Waals surface area contributed by atoms with Crippen molar-refractivity contribution in [2.24, 2.45) is 4.99 Å². The third kappa shape index (κ3) is 4.05. The van der Waals surface area contributed by atoms with Crippen molar-refractivity contribution >= 4 is 6.03 Å². The lowest BCUT2D eigenvalue weighted by Gasteiger charge is -2.18. The molecule has 1 aromatic heterocycles. The molecule has 0 fully saturated rings. The van der Waals surface area contributed by atoms with Crippen LogP contribution >= 0.6 is 0 Å². The van der Waals surface area contributed by atoms with Crippen molar-refractivity contribution in [3.63, 3.8) is 0 Å². The number of hydrogen-bond acceptors (Lipinski definition) is 2. The molecule has 0 radical (unpaired) electrons. The molecule has 2 amide bonds. The molecule has 0 unspecified atom stereocenters. The molecule has 0 spiro atoms. The second-order valence-corrected chi connectivity index (χ2v) is 5.46. The zero-order valence-electron chi connectivity index (χ0n) is 11.9. The number of aromatic nitrogens is 2. The number of hydrogen-bond donors (Lipinski definition) is 1. The fourth-order valence-corrected chi connectivity index (χ4v) is 1.62. The van der Waals surface area contributed by atoms with Gasteiger partial charge in [0, 0.05) is 11.7 Å². The molecule has 1 heterocycles. The van der Waals surface area contributed by atoms with Crippen molar-refractivity contribution in [3.8, 4) is 5.69 Å².